The van der Waals surface area contributed by atoms with E-state index in [1.807, 2.05) is 0 Å². The summed E-state index contributed by atoms with van der Waals surface area (Å²) < 4.78 is 148. The largest absolute Gasteiger partial charge is 0.438 e. The highest BCUT2D eigenvalue weighted by atomic mass is 127. The van der Waals surface area contributed by atoms with Crippen molar-refractivity contribution in [1.82, 2.24) is 0 Å². The first-order valence-electron chi connectivity index (χ1n) is 4.52. The number of alkyl halides is 16. The van der Waals surface area contributed by atoms with Crippen LogP contribution >= 0.6 is 57.4 Å². The quantitative estimate of drug-likeness (QED) is 0.209. The molecule has 0 radical (unpaired) electrons. The van der Waals surface area contributed by atoms with Gasteiger partial charge in [0.25, 0.3) is 0 Å². The van der Waals surface area contributed by atoms with Crippen LogP contribution in [-0.4, -0.2) is 37.3 Å². The summed E-state index contributed by atoms with van der Waals surface area (Å²) >= 11 is 10.7. The highest BCUT2D eigenvalue weighted by Gasteiger charge is 2.89. The van der Waals surface area contributed by atoms with E-state index in [4.69, 9.17) is 0 Å². The third kappa shape index (κ3) is 3.27. The molecule has 0 aromatic rings. The maximum Gasteiger partial charge on any atom is 0.438 e. The van der Waals surface area contributed by atoms with Crippen LogP contribution in [0.25, 0.3) is 0 Å². The molecule has 0 aromatic heterocycles. The monoisotopic (exact) mass is 544 g/mol. The minimum atomic E-state index is -6.99. The first-order valence-corrected chi connectivity index (χ1v) is 6.74. The zero-order valence-electron chi connectivity index (χ0n) is 9.55. The molecule has 0 fully saturated rings. The molecule has 3 unspecified atom stereocenters. The van der Waals surface area contributed by atoms with Crippen LogP contribution in [0.4, 0.5) is 52.7 Å². The Kier molecular flexibility index (Phi) is 6.09. The van der Waals surface area contributed by atoms with Crippen molar-refractivity contribution in [2.24, 2.45) is 0 Å². The summed E-state index contributed by atoms with van der Waals surface area (Å²) in [7, 11) is 0. The topological polar surface area (TPSA) is 0 Å². The van der Waals surface area contributed by atoms with E-state index in [2.05, 4.69) is 34.8 Å². The van der Waals surface area contributed by atoms with Gasteiger partial charge in [-0.3, -0.25) is 0 Å². The SMILES string of the molecule is FC(F)(F)C(F)(I)C(F)(F)C(F)(Cl)C(F)(F)C(F)(Cl)C(F)(F)Cl. The van der Waals surface area contributed by atoms with Gasteiger partial charge in [-0.15, -0.1) is 0 Å². The minimum Gasteiger partial charge on any atom is -0.215 e. The fourth-order valence-corrected chi connectivity index (χ4v) is 2.04. The van der Waals surface area contributed by atoms with E-state index in [0.717, 1.165) is 0 Å². The number of halogens is 16. The van der Waals surface area contributed by atoms with Crippen molar-refractivity contribution in [2.75, 3.05) is 0 Å². The molecule has 0 aliphatic heterocycles. The Bertz CT molecular complexity index is 411. The number of hydrogen-bond acceptors (Lipinski definition) is 0. The standard InChI is InChI=1S/C7Cl3F12I/c8-1(11,3(13,14)2(9,12)6(10,18)19)4(15,16)5(17,23)7(20,21)22. The van der Waals surface area contributed by atoms with E-state index in [1.165, 1.54) is 0 Å². The molecule has 0 aromatic carbocycles. The summed E-state index contributed by atoms with van der Waals surface area (Å²) in [5.74, 6) is -14.0. The van der Waals surface area contributed by atoms with Crippen LogP contribution < -0.4 is 0 Å². The molecule has 0 nitrogen and oxygen atoms in total. The molecule has 0 aliphatic rings. The molecule has 23 heavy (non-hydrogen) atoms. The van der Waals surface area contributed by atoms with Crippen molar-refractivity contribution in [1.29, 1.82) is 0 Å². The number of hydrogen-bond donors (Lipinski definition) is 0. The Hall–Kier alpha value is 0.760. The maximum absolute atomic E-state index is 13.5. The number of rotatable bonds is 5. The third-order valence-electron chi connectivity index (χ3n) is 2.29. The van der Waals surface area contributed by atoms with Gasteiger partial charge in [-0.05, 0) is 34.2 Å². The van der Waals surface area contributed by atoms with E-state index < -0.39 is 59.9 Å². The Morgan fingerprint density at radius 1 is 0.522 bits per heavy atom. The Morgan fingerprint density at radius 2 is 0.826 bits per heavy atom. The second kappa shape index (κ2) is 5.89. The van der Waals surface area contributed by atoms with Gasteiger partial charge in [0.2, 0.25) is 0 Å². The Morgan fingerprint density at radius 3 is 1.04 bits per heavy atom. The van der Waals surface area contributed by atoms with E-state index in [-0.39, 0.29) is 0 Å². The maximum atomic E-state index is 13.5. The van der Waals surface area contributed by atoms with Gasteiger partial charge in [-0.1, -0.05) is 23.2 Å². The highest BCUT2D eigenvalue weighted by molar-refractivity contribution is 14.1. The van der Waals surface area contributed by atoms with Gasteiger partial charge in [0.1, 0.15) is 0 Å². The second-order valence-electron chi connectivity index (χ2n) is 3.87. The lowest BCUT2D eigenvalue weighted by atomic mass is 9.98. The average Bonchev–Trinajstić information content (AvgIpc) is 2.24. The Balaban J connectivity index is 6.37. The summed E-state index contributed by atoms with van der Waals surface area (Å²) in [6.45, 7) is 0. The lowest BCUT2D eigenvalue weighted by Crippen LogP contribution is -2.70. The van der Waals surface area contributed by atoms with Crippen LogP contribution in [0.5, 0.6) is 0 Å². The molecule has 0 bridgehead atoms. The van der Waals surface area contributed by atoms with Crippen molar-refractivity contribution in [3.8, 4) is 0 Å². The van der Waals surface area contributed by atoms with Gasteiger partial charge in [0.15, 0.2) is 0 Å². The van der Waals surface area contributed by atoms with Crippen molar-refractivity contribution >= 4 is 57.4 Å². The molecule has 140 valence electrons. The summed E-state index contributed by atoms with van der Waals surface area (Å²) in [6, 6.07) is 0. The first-order chi connectivity index (χ1) is 9.50. The zero-order valence-corrected chi connectivity index (χ0v) is 14.0. The lowest BCUT2D eigenvalue weighted by Gasteiger charge is -2.43. The predicted octanol–water partition coefficient (Wildman–Crippen LogP) is 6.56. The van der Waals surface area contributed by atoms with Crippen LogP contribution in [0.15, 0.2) is 0 Å². The highest BCUT2D eigenvalue weighted by Crippen LogP contribution is 2.65. The van der Waals surface area contributed by atoms with Gasteiger partial charge in [0.05, 0.1) is 0 Å². The van der Waals surface area contributed by atoms with Crippen LogP contribution in [0.1, 0.15) is 0 Å². The van der Waals surface area contributed by atoms with Crippen LogP contribution in [-0.2, 0) is 0 Å². The van der Waals surface area contributed by atoms with Crippen LogP contribution in [0.2, 0.25) is 0 Å². The molecule has 16 heteroatoms. The van der Waals surface area contributed by atoms with E-state index in [9.17, 15) is 52.7 Å². The predicted molar refractivity (Wildman–Crippen MR) is 64.0 cm³/mol. The van der Waals surface area contributed by atoms with Gasteiger partial charge in [-0.2, -0.15) is 39.5 Å². The molecule has 0 spiro atoms. The van der Waals surface area contributed by atoms with Gasteiger partial charge >= 0.3 is 37.3 Å². The molecule has 0 N–H and O–H groups in total. The second-order valence-corrected chi connectivity index (χ2v) is 6.87. The first kappa shape index (κ1) is 23.8. The van der Waals surface area contributed by atoms with E-state index in [1.54, 1.807) is 0 Å². The molecular formula is C7Cl3F12I. The van der Waals surface area contributed by atoms with Crippen molar-refractivity contribution in [3.05, 3.63) is 0 Å². The molecule has 3 atom stereocenters. The fourth-order valence-electron chi connectivity index (χ4n) is 0.948. The van der Waals surface area contributed by atoms with Crippen LogP contribution in [0.3, 0.4) is 0 Å². The zero-order chi connectivity index (χ0) is 19.5. The van der Waals surface area contributed by atoms with Crippen molar-refractivity contribution in [3.63, 3.8) is 0 Å². The molecule has 0 saturated carbocycles. The van der Waals surface area contributed by atoms with Crippen LogP contribution in [0, 0.1) is 0 Å². The molecule has 0 heterocycles. The molecule has 0 amide bonds. The average molecular weight is 545 g/mol. The lowest BCUT2D eigenvalue weighted by molar-refractivity contribution is -0.319. The van der Waals surface area contributed by atoms with Crippen molar-refractivity contribution < 1.29 is 52.7 Å². The third-order valence-corrected chi connectivity index (χ3v) is 4.88. The van der Waals surface area contributed by atoms with Crippen molar-refractivity contribution in [2.45, 2.75) is 37.3 Å². The summed E-state index contributed by atoms with van der Waals surface area (Å²) in [5.41, 5.74) is 0. The van der Waals surface area contributed by atoms with Gasteiger partial charge in [-0.25, -0.2) is 13.2 Å². The molecule has 0 saturated heterocycles. The van der Waals surface area contributed by atoms with Gasteiger partial charge in [0, 0.05) is 0 Å². The van der Waals surface area contributed by atoms with E-state index in [0.29, 0.717) is 0 Å². The fraction of sp³-hybridized carbons (Fsp3) is 1.00. The summed E-state index contributed by atoms with van der Waals surface area (Å²) in [4.78, 5) is 0. The normalized spacial score (nSPS) is 23.0. The molecular weight excluding hydrogens is 545 g/mol. The summed E-state index contributed by atoms with van der Waals surface area (Å²) in [6.07, 6.45) is -6.71. The van der Waals surface area contributed by atoms with E-state index >= 15 is 0 Å². The Labute approximate surface area is 147 Å². The minimum absolute atomic E-state index is 0.846. The smallest absolute Gasteiger partial charge is 0.215 e. The molecule has 0 rings (SSSR count). The molecule has 0 aliphatic carbocycles. The van der Waals surface area contributed by atoms with Gasteiger partial charge < -0.3 is 0 Å². The summed E-state index contributed by atoms with van der Waals surface area (Å²) in [5, 5.41) is -18.9.